The highest BCUT2D eigenvalue weighted by Gasteiger charge is 2.24. The van der Waals surface area contributed by atoms with E-state index in [4.69, 9.17) is 19.5 Å². The minimum atomic E-state index is -0.265. The quantitative estimate of drug-likeness (QED) is 0.774. The predicted octanol–water partition coefficient (Wildman–Crippen LogP) is 3.48. The van der Waals surface area contributed by atoms with Gasteiger partial charge in [0.1, 0.15) is 23.7 Å². The molecule has 0 bridgehead atoms. The number of methoxy groups -OCH3 is 2. The first kappa shape index (κ1) is 20.3. The van der Waals surface area contributed by atoms with E-state index in [0.717, 1.165) is 25.7 Å². The predicted molar refractivity (Wildman–Crippen MR) is 107 cm³/mol. The van der Waals surface area contributed by atoms with E-state index < -0.39 is 0 Å². The first-order valence-corrected chi connectivity index (χ1v) is 9.43. The van der Waals surface area contributed by atoms with Crippen molar-refractivity contribution in [2.24, 2.45) is 0 Å². The minimum absolute atomic E-state index is 0.0548. The summed E-state index contributed by atoms with van der Waals surface area (Å²) in [6, 6.07) is 10.5. The van der Waals surface area contributed by atoms with Crippen molar-refractivity contribution in [2.75, 3.05) is 19.5 Å². The highest BCUT2D eigenvalue weighted by Crippen LogP contribution is 2.26. The maximum Gasteiger partial charge on any atom is 0.319 e. The summed E-state index contributed by atoms with van der Waals surface area (Å²) < 4.78 is 16.3. The molecule has 3 rings (SSSR count). The average molecular weight is 396 g/mol. The fourth-order valence-electron chi connectivity index (χ4n) is 3.24. The zero-order valence-corrected chi connectivity index (χ0v) is 16.5. The Morgan fingerprint density at radius 1 is 1.10 bits per heavy atom. The SMILES string of the molecule is COc1cc(NC(=O)NC2CCC(Oc3ccc(C#N)cn3)CC2)cc(OC)c1. The number of nitriles is 1. The van der Waals surface area contributed by atoms with Crippen LogP contribution in [0, 0.1) is 11.3 Å². The van der Waals surface area contributed by atoms with Gasteiger partial charge < -0.3 is 24.8 Å². The van der Waals surface area contributed by atoms with E-state index in [0.29, 0.717) is 28.6 Å². The van der Waals surface area contributed by atoms with Gasteiger partial charge in [0, 0.05) is 42.2 Å². The molecule has 2 N–H and O–H groups in total. The maximum absolute atomic E-state index is 12.3. The van der Waals surface area contributed by atoms with Crippen molar-refractivity contribution in [1.29, 1.82) is 5.26 Å². The van der Waals surface area contributed by atoms with Crippen LogP contribution < -0.4 is 24.8 Å². The van der Waals surface area contributed by atoms with Crippen molar-refractivity contribution in [1.82, 2.24) is 10.3 Å². The van der Waals surface area contributed by atoms with Gasteiger partial charge in [0.2, 0.25) is 5.88 Å². The number of anilines is 1. The molecule has 0 spiro atoms. The second-order valence-electron chi connectivity index (χ2n) is 6.79. The van der Waals surface area contributed by atoms with Crippen molar-refractivity contribution in [2.45, 2.75) is 37.8 Å². The molecule has 152 valence electrons. The van der Waals surface area contributed by atoms with Crippen LogP contribution in [-0.2, 0) is 0 Å². The number of rotatable bonds is 6. The fraction of sp³-hybridized carbons (Fsp3) is 0.381. The lowest BCUT2D eigenvalue weighted by Crippen LogP contribution is -2.41. The largest absolute Gasteiger partial charge is 0.497 e. The molecule has 8 heteroatoms. The molecule has 0 saturated heterocycles. The van der Waals surface area contributed by atoms with Gasteiger partial charge in [-0.2, -0.15) is 5.26 Å². The van der Waals surface area contributed by atoms with E-state index >= 15 is 0 Å². The average Bonchev–Trinajstić information content (AvgIpc) is 2.75. The molecule has 1 aromatic carbocycles. The summed E-state index contributed by atoms with van der Waals surface area (Å²) in [5.74, 6) is 1.73. The standard InChI is InChI=1S/C21H24N4O4/c1-27-18-9-16(10-19(11-18)28-2)25-21(26)24-15-4-6-17(7-5-15)29-20-8-3-14(12-22)13-23-20/h3,8-11,13,15,17H,4-7H2,1-2H3,(H2,24,25,26). The van der Waals surface area contributed by atoms with Gasteiger partial charge in [-0.1, -0.05) is 0 Å². The van der Waals surface area contributed by atoms with Gasteiger partial charge in [0.05, 0.1) is 19.8 Å². The van der Waals surface area contributed by atoms with Crippen molar-refractivity contribution < 1.29 is 19.0 Å². The lowest BCUT2D eigenvalue weighted by molar-refractivity contribution is 0.135. The third-order valence-electron chi connectivity index (χ3n) is 4.77. The van der Waals surface area contributed by atoms with Crippen LogP contribution in [0.2, 0.25) is 0 Å². The lowest BCUT2D eigenvalue weighted by Gasteiger charge is -2.29. The van der Waals surface area contributed by atoms with Crippen LogP contribution in [-0.4, -0.2) is 37.4 Å². The van der Waals surface area contributed by atoms with Gasteiger partial charge in [0.15, 0.2) is 0 Å². The molecule has 0 radical (unpaired) electrons. The number of amides is 2. The summed E-state index contributed by atoms with van der Waals surface area (Å²) in [5.41, 5.74) is 1.10. The van der Waals surface area contributed by atoms with Crippen LogP contribution in [0.15, 0.2) is 36.5 Å². The van der Waals surface area contributed by atoms with E-state index in [2.05, 4.69) is 15.6 Å². The molecule has 0 atom stereocenters. The molecule has 1 saturated carbocycles. The Morgan fingerprint density at radius 3 is 2.34 bits per heavy atom. The third-order valence-corrected chi connectivity index (χ3v) is 4.77. The maximum atomic E-state index is 12.3. The Hall–Kier alpha value is -3.47. The zero-order valence-electron chi connectivity index (χ0n) is 16.5. The number of aromatic nitrogens is 1. The zero-order chi connectivity index (χ0) is 20.6. The molecule has 1 fully saturated rings. The Kier molecular flexibility index (Phi) is 6.74. The Labute approximate surface area is 169 Å². The van der Waals surface area contributed by atoms with E-state index in [1.165, 1.54) is 6.20 Å². The number of carbonyl (C=O) groups is 1. The highest BCUT2D eigenvalue weighted by molar-refractivity contribution is 5.90. The van der Waals surface area contributed by atoms with Crippen molar-refractivity contribution in [3.05, 3.63) is 42.1 Å². The number of carbonyl (C=O) groups excluding carboxylic acids is 1. The molecule has 2 aromatic rings. The lowest BCUT2D eigenvalue weighted by atomic mass is 9.93. The van der Waals surface area contributed by atoms with Gasteiger partial charge in [0.25, 0.3) is 0 Å². The second kappa shape index (κ2) is 9.64. The first-order valence-electron chi connectivity index (χ1n) is 9.43. The van der Waals surface area contributed by atoms with E-state index in [1.54, 1.807) is 44.6 Å². The van der Waals surface area contributed by atoms with Crippen LogP contribution in [0.5, 0.6) is 17.4 Å². The normalized spacial score (nSPS) is 18.2. The number of nitrogens with one attached hydrogen (secondary N) is 2. The molecule has 1 heterocycles. The fourth-order valence-corrected chi connectivity index (χ4v) is 3.24. The van der Waals surface area contributed by atoms with E-state index in [-0.39, 0.29) is 18.2 Å². The molecule has 1 aliphatic carbocycles. The summed E-state index contributed by atoms with van der Waals surface area (Å²) >= 11 is 0. The molecule has 0 unspecified atom stereocenters. The van der Waals surface area contributed by atoms with E-state index in [1.807, 2.05) is 6.07 Å². The topological polar surface area (TPSA) is 106 Å². The number of urea groups is 1. The highest BCUT2D eigenvalue weighted by atomic mass is 16.5. The minimum Gasteiger partial charge on any atom is -0.497 e. The molecular formula is C21H24N4O4. The van der Waals surface area contributed by atoms with Gasteiger partial charge in [-0.3, -0.25) is 0 Å². The number of hydrogen-bond donors (Lipinski definition) is 2. The van der Waals surface area contributed by atoms with Gasteiger partial charge in [-0.15, -0.1) is 0 Å². The molecule has 1 aromatic heterocycles. The molecule has 29 heavy (non-hydrogen) atoms. The number of hydrogen-bond acceptors (Lipinski definition) is 6. The number of ether oxygens (including phenoxy) is 3. The first-order chi connectivity index (χ1) is 14.1. The number of pyridine rings is 1. The van der Waals surface area contributed by atoms with Crippen LogP contribution in [0.1, 0.15) is 31.2 Å². The van der Waals surface area contributed by atoms with Gasteiger partial charge in [-0.25, -0.2) is 9.78 Å². The van der Waals surface area contributed by atoms with Crippen molar-refractivity contribution >= 4 is 11.7 Å². The molecular weight excluding hydrogens is 372 g/mol. The van der Waals surface area contributed by atoms with Crippen LogP contribution in [0.25, 0.3) is 0 Å². The Morgan fingerprint density at radius 2 is 1.79 bits per heavy atom. The Bertz CT molecular complexity index is 849. The molecule has 0 aliphatic heterocycles. The second-order valence-corrected chi connectivity index (χ2v) is 6.79. The summed E-state index contributed by atoms with van der Waals surface area (Å²) in [5, 5.41) is 14.6. The van der Waals surface area contributed by atoms with Gasteiger partial charge in [-0.05, 0) is 31.7 Å². The summed E-state index contributed by atoms with van der Waals surface area (Å²) in [6.07, 6.45) is 4.82. The summed E-state index contributed by atoms with van der Waals surface area (Å²) in [7, 11) is 3.12. The van der Waals surface area contributed by atoms with Crippen molar-refractivity contribution in [3.63, 3.8) is 0 Å². The smallest absolute Gasteiger partial charge is 0.319 e. The van der Waals surface area contributed by atoms with E-state index in [9.17, 15) is 4.79 Å². The Balaban J connectivity index is 1.46. The van der Waals surface area contributed by atoms with Crippen LogP contribution in [0.3, 0.4) is 0 Å². The summed E-state index contributed by atoms with van der Waals surface area (Å²) in [4.78, 5) is 16.5. The number of benzene rings is 1. The van der Waals surface area contributed by atoms with Crippen LogP contribution in [0.4, 0.5) is 10.5 Å². The van der Waals surface area contributed by atoms with Crippen molar-refractivity contribution in [3.8, 4) is 23.4 Å². The van der Waals surface area contributed by atoms with Crippen LogP contribution >= 0.6 is 0 Å². The molecule has 2 amide bonds. The third kappa shape index (κ3) is 5.75. The monoisotopic (exact) mass is 396 g/mol. The summed E-state index contributed by atoms with van der Waals surface area (Å²) in [6.45, 7) is 0. The number of nitrogens with zero attached hydrogens (tertiary/aromatic N) is 2. The molecule has 1 aliphatic rings. The van der Waals surface area contributed by atoms with Gasteiger partial charge >= 0.3 is 6.03 Å². The molecule has 8 nitrogen and oxygen atoms in total.